The Labute approximate surface area is 200 Å². The Hall–Kier alpha value is -3.53. The van der Waals surface area contributed by atoms with Crippen molar-refractivity contribution in [3.63, 3.8) is 0 Å². The van der Waals surface area contributed by atoms with Crippen LogP contribution < -0.4 is 0 Å². The van der Waals surface area contributed by atoms with Gasteiger partial charge in [0.1, 0.15) is 5.76 Å². The summed E-state index contributed by atoms with van der Waals surface area (Å²) in [4.78, 5) is 19.7. The molecule has 0 spiro atoms. The minimum Gasteiger partial charge on any atom is -0.503 e. The van der Waals surface area contributed by atoms with Crippen LogP contribution in [0.2, 0.25) is 0 Å². The highest BCUT2D eigenvalue weighted by atomic mass is 19.2. The molecule has 3 rings (SSSR count). The van der Waals surface area contributed by atoms with Crippen molar-refractivity contribution in [2.75, 3.05) is 0 Å². The van der Waals surface area contributed by atoms with E-state index in [2.05, 4.69) is 15.9 Å². The highest BCUT2D eigenvalue weighted by Crippen LogP contribution is 2.31. The topological polar surface area (TPSA) is 57.9 Å². The van der Waals surface area contributed by atoms with E-state index in [1.807, 2.05) is 52.0 Å². The number of hydrogen-bond donors (Lipinski definition) is 2. The van der Waals surface area contributed by atoms with E-state index < -0.39 is 13.3 Å². The summed E-state index contributed by atoms with van der Waals surface area (Å²) in [5.74, 6) is 2.02. The van der Waals surface area contributed by atoms with Crippen molar-refractivity contribution < 1.29 is 18.1 Å². The van der Waals surface area contributed by atoms with Gasteiger partial charge in [-0.05, 0) is 65.6 Å². The van der Waals surface area contributed by atoms with E-state index >= 15 is 0 Å². The summed E-state index contributed by atoms with van der Waals surface area (Å²) in [6.45, 7) is 7.93. The Balaban J connectivity index is 2.11. The third-order valence-electron chi connectivity index (χ3n) is 6.05. The average Bonchev–Trinajstić information content (AvgIpc) is 3.44. The molecule has 0 unspecified atom stereocenters. The highest BCUT2D eigenvalue weighted by Gasteiger charge is 2.26. The fourth-order valence-corrected chi connectivity index (χ4v) is 4.43. The number of carbonyl (C=O) groups is 1. The number of aromatic nitrogens is 2. The highest BCUT2D eigenvalue weighted by molar-refractivity contribution is 6.36. The van der Waals surface area contributed by atoms with E-state index in [9.17, 15) is 13.4 Å². The Morgan fingerprint density at radius 3 is 2.18 bits per heavy atom. The van der Waals surface area contributed by atoms with E-state index in [0.29, 0.717) is 30.7 Å². The van der Waals surface area contributed by atoms with Gasteiger partial charge in [0.05, 0.1) is 11.4 Å². The van der Waals surface area contributed by atoms with Gasteiger partial charge in [-0.25, -0.2) is 8.63 Å². The smallest absolute Gasteiger partial charge is 0.503 e. The zero-order valence-electron chi connectivity index (χ0n) is 20.0. The first kappa shape index (κ1) is 25.1. The number of ketones is 1. The van der Waals surface area contributed by atoms with Gasteiger partial charge in [-0.3, -0.25) is 4.79 Å². The molecule has 34 heavy (non-hydrogen) atoms. The Kier molecular flexibility index (Phi) is 8.17. The molecule has 0 saturated carbocycles. The number of nitrogens with one attached hydrogen (secondary N) is 2. The van der Waals surface area contributed by atoms with Gasteiger partial charge in [-0.1, -0.05) is 45.7 Å². The molecule has 0 atom stereocenters. The second kappa shape index (κ2) is 11.1. The molecule has 1 aromatic carbocycles. The number of hydrogen-bond acceptors (Lipinski definition) is 2. The van der Waals surface area contributed by atoms with Crippen molar-refractivity contribution in [1.29, 1.82) is 0 Å². The SMILES string of the molecule is C#Cc1ccc(-c2[nH]c(C(=O)/C=C(\OB(F)F)c3[nH]cc(CC)c3CC)c(CC)c2CC)cc1. The normalized spacial score (nSPS) is 11.4. The first-order valence-corrected chi connectivity index (χ1v) is 11.6. The molecule has 0 aliphatic rings. The maximum atomic E-state index is 13.4. The molecule has 0 saturated heterocycles. The van der Waals surface area contributed by atoms with Crippen LogP contribution in [0.1, 0.15) is 71.7 Å². The fraction of sp³-hybridized carbons (Fsp3) is 0.296. The van der Waals surface area contributed by atoms with Gasteiger partial charge in [0.2, 0.25) is 5.78 Å². The number of halogens is 2. The summed E-state index contributed by atoms with van der Waals surface area (Å²) < 4.78 is 31.4. The Bertz CT molecular complexity index is 1230. The average molecular weight is 462 g/mol. The number of aromatic amines is 2. The fourth-order valence-electron chi connectivity index (χ4n) is 4.43. The van der Waals surface area contributed by atoms with Gasteiger partial charge in [0.15, 0.2) is 0 Å². The lowest BCUT2D eigenvalue weighted by Crippen LogP contribution is -2.09. The van der Waals surface area contributed by atoms with Crippen LogP contribution in [0.15, 0.2) is 36.5 Å². The van der Waals surface area contributed by atoms with Crippen molar-refractivity contribution in [3.05, 3.63) is 75.7 Å². The van der Waals surface area contributed by atoms with Gasteiger partial charge >= 0.3 is 7.47 Å². The van der Waals surface area contributed by atoms with Crippen LogP contribution in [-0.2, 0) is 30.3 Å². The van der Waals surface area contributed by atoms with Crippen molar-refractivity contribution in [3.8, 4) is 23.6 Å². The largest absolute Gasteiger partial charge is 0.796 e. The van der Waals surface area contributed by atoms with Gasteiger partial charge in [0.25, 0.3) is 0 Å². The third kappa shape index (κ3) is 5.01. The maximum absolute atomic E-state index is 13.4. The van der Waals surface area contributed by atoms with Crippen LogP contribution in [0.4, 0.5) is 8.63 Å². The van der Waals surface area contributed by atoms with E-state index in [1.54, 1.807) is 6.20 Å². The van der Waals surface area contributed by atoms with Crippen molar-refractivity contribution in [2.24, 2.45) is 0 Å². The molecule has 0 bridgehead atoms. The molecular weight excluding hydrogens is 433 g/mol. The third-order valence-corrected chi connectivity index (χ3v) is 6.05. The predicted octanol–water partition coefficient (Wildman–Crippen LogP) is 6.41. The second-order valence-electron chi connectivity index (χ2n) is 7.89. The van der Waals surface area contributed by atoms with Crippen molar-refractivity contribution in [2.45, 2.75) is 53.4 Å². The van der Waals surface area contributed by atoms with E-state index in [4.69, 9.17) is 11.1 Å². The molecule has 0 fully saturated rings. The van der Waals surface area contributed by atoms with E-state index in [1.165, 1.54) is 0 Å². The molecule has 4 nitrogen and oxygen atoms in total. The van der Waals surface area contributed by atoms with Crippen molar-refractivity contribution >= 4 is 19.0 Å². The van der Waals surface area contributed by atoms with Gasteiger partial charge in [-0.15, -0.1) is 6.42 Å². The molecule has 0 radical (unpaired) electrons. The number of H-pyrrole nitrogens is 2. The zero-order chi connectivity index (χ0) is 24.8. The quantitative estimate of drug-likeness (QED) is 0.120. The first-order chi connectivity index (χ1) is 16.4. The molecule has 7 heteroatoms. The van der Waals surface area contributed by atoms with E-state index in [-0.39, 0.29) is 5.76 Å². The van der Waals surface area contributed by atoms with Gasteiger partial charge in [0, 0.05) is 23.5 Å². The lowest BCUT2D eigenvalue weighted by atomic mass is 9.98. The summed E-state index contributed by atoms with van der Waals surface area (Å²) in [5.41, 5.74) is 7.06. The molecule has 0 aliphatic heterocycles. The van der Waals surface area contributed by atoms with Gasteiger partial charge < -0.3 is 14.6 Å². The minimum atomic E-state index is -3.05. The van der Waals surface area contributed by atoms with Crippen LogP contribution in [-0.4, -0.2) is 23.2 Å². The number of terminal acetylenes is 1. The molecule has 2 N–H and O–H groups in total. The summed E-state index contributed by atoms with van der Waals surface area (Å²) in [7, 11) is -3.05. The maximum Gasteiger partial charge on any atom is 0.796 e. The van der Waals surface area contributed by atoms with Crippen LogP contribution in [0.5, 0.6) is 0 Å². The number of allylic oxidation sites excluding steroid dienone is 1. The second-order valence-corrected chi connectivity index (χ2v) is 7.89. The number of rotatable bonds is 10. The number of benzene rings is 1. The molecule has 3 aromatic rings. The van der Waals surface area contributed by atoms with Crippen LogP contribution in [0, 0.1) is 12.3 Å². The summed E-state index contributed by atoms with van der Waals surface area (Å²) in [6.07, 6.45) is 11.1. The Morgan fingerprint density at radius 1 is 1.00 bits per heavy atom. The molecular formula is C27H29BF2N2O2. The van der Waals surface area contributed by atoms with E-state index in [0.717, 1.165) is 51.6 Å². The minimum absolute atomic E-state index is 0.161. The van der Waals surface area contributed by atoms with Crippen LogP contribution in [0.25, 0.3) is 17.0 Å². The molecule has 2 aromatic heterocycles. The van der Waals surface area contributed by atoms with Crippen LogP contribution >= 0.6 is 0 Å². The predicted molar refractivity (Wildman–Crippen MR) is 134 cm³/mol. The molecule has 2 heterocycles. The molecule has 176 valence electrons. The summed E-state index contributed by atoms with van der Waals surface area (Å²) in [6, 6.07) is 7.52. The standard InChI is InChI=1S/C27H29BF2N2O2/c1-6-17-11-13-19(14-12-17)25-21(9-4)22(10-5)26(32-25)23(33)15-24(34-28(29)30)27-20(8-3)18(7-2)16-31-27/h1,11-16,31-32H,7-10H2,2-5H3/b24-15-. The summed E-state index contributed by atoms with van der Waals surface area (Å²) in [5, 5.41) is 0. The lowest BCUT2D eigenvalue weighted by molar-refractivity contribution is 0.104. The number of aryl methyl sites for hydroxylation is 1. The van der Waals surface area contributed by atoms with Crippen molar-refractivity contribution in [1.82, 2.24) is 9.97 Å². The Morgan fingerprint density at radius 2 is 1.65 bits per heavy atom. The molecule has 0 amide bonds. The molecule has 0 aliphatic carbocycles. The van der Waals surface area contributed by atoms with Gasteiger partial charge in [-0.2, -0.15) is 0 Å². The van der Waals surface area contributed by atoms with Crippen LogP contribution in [0.3, 0.4) is 0 Å². The lowest BCUT2D eigenvalue weighted by Gasteiger charge is -2.10. The zero-order valence-corrected chi connectivity index (χ0v) is 20.0. The summed E-state index contributed by atoms with van der Waals surface area (Å²) >= 11 is 0. The number of carbonyl (C=O) groups excluding carboxylic acids is 1. The monoisotopic (exact) mass is 462 g/mol. The first-order valence-electron chi connectivity index (χ1n) is 11.6.